The summed E-state index contributed by atoms with van der Waals surface area (Å²) < 4.78 is 5.94. The molecule has 1 saturated carbocycles. The first-order valence-electron chi connectivity index (χ1n) is 5.90. The Labute approximate surface area is 89.2 Å². The Balaban J connectivity index is 2.23. The molecule has 0 heterocycles. The van der Waals surface area contributed by atoms with Crippen molar-refractivity contribution in [1.82, 2.24) is 0 Å². The van der Waals surface area contributed by atoms with Crippen molar-refractivity contribution in [3.8, 4) is 0 Å². The van der Waals surface area contributed by atoms with E-state index in [9.17, 15) is 0 Å². The van der Waals surface area contributed by atoms with Crippen LogP contribution in [0.1, 0.15) is 60.3 Å². The van der Waals surface area contributed by atoms with Crippen LogP contribution in [0.4, 0.5) is 0 Å². The molecule has 1 heteroatoms. The van der Waals surface area contributed by atoms with E-state index in [-0.39, 0.29) is 0 Å². The number of rotatable bonds is 2. The normalized spacial score (nSPS) is 23.8. The van der Waals surface area contributed by atoms with Crippen LogP contribution in [0.3, 0.4) is 0 Å². The molecule has 0 unspecified atom stereocenters. The molecule has 0 amide bonds. The summed E-state index contributed by atoms with van der Waals surface area (Å²) in [6.45, 7) is 12.3. The summed E-state index contributed by atoms with van der Waals surface area (Å²) in [6, 6.07) is 0. The van der Waals surface area contributed by atoms with Gasteiger partial charge >= 0.3 is 0 Å². The van der Waals surface area contributed by atoms with Gasteiger partial charge in [-0.25, -0.2) is 0 Å². The molecule has 0 atom stereocenters. The largest absolute Gasteiger partial charge is 0.378 e. The Kier molecular flexibility index (Phi) is 3.63. The standard InChI is InChI=1S/C13H26O/c1-12(2,3)10-14-11-6-8-13(4,5)9-7-11/h11H,6-10H2,1-5H3. The smallest absolute Gasteiger partial charge is 0.0575 e. The van der Waals surface area contributed by atoms with E-state index in [0.29, 0.717) is 16.9 Å². The average Bonchev–Trinajstić information content (AvgIpc) is 2.01. The highest BCUT2D eigenvalue weighted by molar-refractivity contribution is 4.79. The fraction of sp³-hybridized carbons (Fsp3) is 1.00. The summed E-state index contributed by atoms with van der Waals surface area (Å²) in [4.78, 5) is 0. The van der Waals surface area contributed by atoms with Gasteiger partial charge in [-0.3, -0.25) is 0 Å². The highest BCUT2D eigenvalue weighted by Gasteiger charge is 2.27. The van der Waals surface area contributed by atoms with E-state index in [1.54, 1.807) is 0 Å². The Morgan fingerprint density at radius 3 is 2.07 bits per heavy atom. The van der Waals surface area contributed by atoms with Gasteiger partial charge in [0.25, 0.3) is 0 Å². The lowest BCUT2D eigenvalue weighted by atomic mass is 9.76. The minimum Gasteiger partial charge on any atom is -0.378 e. The van der Waals surface area contributed by atoms with Crippen LogP contribution in [0.15, 0.2) is 0 Å². The predicted octanol–water partition coefficient (Wildman–Crippen LogP) is 4.02. The third kappa shape index (κ3) is 4.45. The maximum absolute atomic E-state index is 5.94. The molecule has 0 N–H and O–H groups in total. The maximum Gasteiger partial charge on any atom is 0.0575 e. The zero-order valence-corrected chi connectivity index (χ0v) is 10.5. The monoisotopic (exact) mass is 198 g/mol. The van der Waals surface area contributed by atoms with E-state index in [1.165, 1.54) is 25.7 Å². The van der Waals surface area contributed by atoms with Gasteiger partial charge in [-0.1, -0.05) is 34.6 Å². The van der Waals surface area contributed by atoms with Gasteiger partial charge in [-0.05, 0) is 36.5 Å². The van der Waals surface area contributed by atoms with Crippen LogP contribution >= 0.6 is 0 Å². The molecule has 1 rings (SSSR count). The molecular formula is C13H26O. The molecule has 0 saturated heterocycles. The second kappa shape index (κ2) is 4.22. The molecule has 1 fully saturated rings. The van der Waals surface area contributed by atoms with Crippen molar-refractivity contribution in [2.75, 3.05) is 6.61 Å². The fourth-order valence-corrected chi connectivity index (χ4v) is 1.91. The van der Waals surface area contributed by atoms with Gasteiger partial charge in [0.15, 0.2) is 0 Å². The van der Waals surface area contributed by atoms with Crippen LogP contribution < -0.4 is 0 Å². The van der Waals surface area contributed by atoms with Crippen molar-refractivity contribution in [3.05, 3.63) is 0 Å². The lowest BCUT2D eigenvalue weighted by Gasteiger charge is -2.35. The Bertz CT molecular complexity index is 166. The lowest BCUT2D eigenvalue weighted by molar-refractivity contribution is -0.0265. The van der Waals surface area contributed by atoms with Crippen molar-refractivity contribution in [2.24, 2.45) is 10.8 Å². The lowest BCUT2D eigenvalue weighted by Crippen LogP contribution is -2.29. The highest BCUT2D eigenvalue weighted by Crippen LogP contribution is 2.36. The summed E-state index contributed by atoms with van der Waals surface area (Å²) in [6.07, 6.45) is 5.68. The molecule has 84 valence electrons. The third-order valence-corrected chi connectivity index (χ3v) is 3.04. The molecule has 0 bridgehead atoms. The summed E-state index contributed by atoms with van der Waals surface area (Å²) in [5.41, 5.74) is 0.870. The predicted molar refractivity (Wildman–Crippen MR) is 61.4 cm³/mol. The fourth-order valence-electron chi connectivity index (χ4n) is 1.91. The van der Waals surface area contributed by atoms with Crippen LogP contribution in [0.5, 0.6) is 0 Å². The number of hydrogen-bond donors (Lipinski definition) is 0. The second-order valence-electron chi connectivity index (χ2n) is 6.74. The number of ether oxygens (including phenoxy) is 1. The van der Waals surface area contributed by atoms with E-state index in [2.05, 4.69) is 34.6 Å². The van der Waals surface area contributed by atoms with Crippen LogP contribution in [0.25, 0.3) is 0 Å². The van der Waals surface area contributed by atoms with Crippen molar-refractivity contribution >= 4 is 0 Å². The van der Waals surface area contributed by atoms with E-state index >= 15 is 0 Å². The Morgan fingerprint density at radius 1 is 1.14 bits per heavy atom. The molecular weight excluding hydrogens is 172 g/mol. The van der Waals surface area contributed by atoms with Crippen molar-refractivity contribution in [1.29, 1.82) is 0 Å². The summed E-state index contributed by atoms with van der Waals surface area (Å²) in [5.74, 6) is 0. The van der Waals surface area contributed by atoms with Crippen LogP contribution in [0.2, 0.25) is 0 Å². The van der Waals surface area contributed by atoms with Gasteiger partial charge in [0.1, 0.15) is 0 Å². The topological polar surface area (TPSA) is 9.23 Å². The third-order valence-electron chi connectivity index (χ3n) is 3.04. The minimum atomic E-state index is 0.312. The summed E-state index contributed by atoms with van der Waals surface area (Å²) in [5, 5.41) is 0. The Morgan fingerprint density at radius 2 is 1.64 bits per heavy atom. The molecule has 0 aromatic rings. The van der Waals surface area contributed by atoms with Gasteiger partial charge in [0, 0.05) is 0 Å². The molecule has 0 aromatic heterocycles. The van der Waals surface area contributed by atoms with Gasteiger partial charge in [-0.15, -0.1) is 0 Å². The van der Waals surface area contributed by atoms with Crippen LogP contribution in [-0.4, -0.2) is 12.7 Å². The molecule has 14 heavy (non-hydrogen) atoms. The van der Waals surface area contributed by atoms with Gasteiger partial charge in [0.05, 0.1) is 12.7 Å². The zero-order chi connectivity index (χ0) is 10.8. The van der Waals surface area contributed by atoms with E-state index in [4.69, 9.17) is 4.74 Å². The second-order valence-corrected chi connectivity index (χ2v) is 6.74. The highest BCUT2D eigenvalue weighted by atomic mass is 16.5. The minimum absolute atomic E-state index is 0.312. The van der Waals surface area contributed by atoms with Crippen molar-refractivity contribution in [3.63, 3.8) is 0 Å². The van der Waals surface area contributed by atoms with Gasteiger partial charge in [0.2, 0.25) is 0 Å². The molecule has 1 aliphatic rings. The average molecular weight is 198 g/mol. The van der Waals surface area contributed by atoms with Gasteiger partial charge < -0.3 is 4.74 Å². The molecule has 0 aromatic carbocycles. The summed E-state index contributed by atoms with van der Waals surface area (Å²) >= 11 is 0. The first kappa shape index (κ1) is 12.0. The SMILES string of the molecule is CC(C)(C)COC1CCC(C)(C)CC1. The van der Waals surface area contributed by atoms with Crippen LogP contribution in [-0.2, 0) is 4.74 Å². The first-order chi connectivity index (χ1) is 6.29. The molecule has 1 nitrogen and oxygen atoms in total. The maximum atomic E-state index is 5.94. The molecule has 0 radical (unpaired) electrons. The molecule has 1 aliphatic carbocycles. The summed E-state index contributed by atoms with van der Waals surface area (Å²) in [7, 11) is 0. The number of hydrogen-bond acceptors (Lipinski definition) is 1. The first-order valence-corrected chi connectivity index (χ1v) is 5.90. The van der Waals surface area contributed by atoms with Crippen molar-refractivity contribution < 1.29 is 4.74 Å². The van der Waals surface area contributed by atoms with E-state index in [0.717, 1.165) is 6.61 Å². The van der Waals surface area contributed by atoms with Crippen LogP contribution in [0, 0.1) is 10.8 Å². The molecule has 0 spiro atoms. The van der Waals surface area contributed by atoms with Gasteiger partial charge in [-0.2, -0.15) is 0 Å². The zero-order valence-electron chi connectivity index (χ0n) is 10.5. The van der Waals surface area contributed by atoms with E-state index in [1.807, 2.05) is 0 Å². The quantitative estimate of drug-likeness (QED) is 0.651. The van der Waals surface area contributed by atoms with E-state index < -0.39 is 0 Å². The Hall–Kier alpha value is -0.0400. The molecule has 0 aliphatic heterocycles. The van der Waals surface area contributed by atoms with Crippen molar-refractivity contribution in [2.45, 2.75) is 66.4 Å².